The van der Waals surface area contributed by atoms with Crippen LogP contribution in [0.5, 0.6) is 11.5 Å². The average Bonchev–Trinajstić information content (AvgIpc) is 3.27. The number of para-hydroxylation sites is 1. The van der Waals surface area contributed by atoms with Crippen molar-refractivity contribution in [1.29, 1.82) is 0 Å². The molecule has 3 heterocycles. The molecule has 1 amide bonds. The number of anilines is 1. The van der Waals surface area contributed by atoms with Gasteiger partial charge >= 0.3 is 0 Å². The van der Waals surface area contributed by atoms with Crippen LogP contribution in [0.4, 0.5) is 5.69 Å². The Morgan fingerprint density at radius 1 is 1.03 bits per heavy atom. The number of ether oxygens (including phenoxy) is 2. The average molecular weight is 550 g/mol. The van der Waals surface area contributed by atoms with Gasteiger partial charge in [0, 0.05) is 30.8 Å². The molecule has 0 unspecified atom stereocenters. The van der Waals surface area contributed by atoms with Crippen molar-refractivity contribution in [3.63, 3.8) is 0 Å². The van der Waals surface area contributed by atoms with Gasteiger partial charge in [-0.15, -0.1) is 0 Å². The molecule has 0 bridgehead atoms. The maximum atomic E-state index is 13.4. The van der Waals surface area contributed by atoms with Crippen LogP contribution in [0.2, 0.25) is 0 Å². The molecule has 1 aromatic heterocycles. The fourth-order valence-electron chi connectivity index (χ4n) is 4.93. The Morgan fingerprint density at radius 2 is 1.76 bits per heavy atom. The standard InChI is InChI=1S/C28H27N3O5S2/c1-2-13-30-23-17-24-25(36-16-15-35-24)18-26(23)37-28(30)29-27(32)20-9-11-21(12-10-20)38(33,34)31-14-5-7-19-6-3-4-8-22(19)31/h3-4,6,8-12,17-18H,2,5,7,13-16H2,1H3. The predicted molar refractivity (Wildman–Crippen MR) is 147 cm³/mol. The lowest BCUT2D eigenvalue weighted by atomic mass is 10.0. The minimum absolute atomic E-state index is 0.152. The van der Waals surface area contributed by atoms with Gasteiger partial charge in [0.15, 0.2) is 16.3 Å². The normalized spacial score (nSPS) is 15.5. The number of thiazole rings is 1. The number of nitrogens with zero attached hydrogens (tertiary/aromatic N) is 3. The van der Waals surface area contributed by atoms with Crippen molar-refractivity contribution in [3.8, 4) is 11.5 Å². The maximum absolute atomic E-state index is 13.4. The van der Waals surface area contributed by atoms with E-state index in [1.807, 2.05) is 41.0 Å². The molecule has 6 rings (SSSR count). The van der Waals surface area contributed by atoms with Crippen LogP contribution in [-0.2, 0) is 23.0 Å². The zero-order valence-corrected chi connectivity index (χ0v) is 22.6. The third-order valence-electron chi connectivity index (χ3n) is 6.75. The number of aryl methyl sites for hydroxylation is 2. The molecule has 10 heteroatoms. The van der Waals surface area contributed by atoms with Gasteiger partial charge in [0.1, 0.15) is 13.2 Å². The molecule has 0 N–H and O–H groups in total. The highest BCUT2D eigenvalue weighted by Gasteiger charge is 2.29. The van der Waals surface area contributed by atoms with Crippen molar-refractivity contribution < 1.29 is 22.7 Å². The van der Waals surface area contributed by atoms with Crippen LogP contribution in [-0.4, -0.2) is 38.7 Å². The number of hydrogen-bond donors (Lipinski definition) is 0. The largest absolute Gasteiger partial charge is 0.486 e. The van der Waals surface area contributed by atoms with Gasteiger partial charge in [-0.3, -0.25) is 9.10 Å². The van der Waals surface area contributed by atoms with E-state index in [0.29, 0.717) is 48.2 Å². The lowest BCUT2D eigenvalue weighted by Crippen LogP contribution is -2.35. The third kappa shape index (κ3) is 4.37. The van der Waals surface area contributed by atoms with Crippen LogP contribution in [0.15, 0.2) is 70.6 Å². The zero-order chi connectivity index (χ0) is 26.3. The summed E-state index contributed by atoms with van der Waals surface area (Å²) in [7, 11) is -3.75. The lowest BCUT2D eigenvalue weighted by Gasteiger charge is -2.30. The summed E-state index contributed by atoms with van der Waals surface area (Å²) in [4.78, 5) is 18.3. The summed E-state index contributed by atoms with van der Waals surface area (Å²) >= 11 is 1.42. The Bertz CT molecular complexity index is 1700. The van der Waals surface area contributed by atoms with Gasteiger partial charge in [-0.25, -0.2) is 8.42 Å². The van der Waals surface area contributed by atoms with Gasteiger partial charge in [-0.2, -0.15) is 4.99 Å². The smallest absolute Gasteiger partial charge is 0.279 e. The molecule has 0 fully saturated rings. The van der Waals surface area contributed by atoms with E-state index >= 15 is 0 Å². The zero-order valence-electron chi connectivity index (χ0n) is 20.9. The summed E-state index contributed by atoms with van der Waals surface area (Å²) in [5, 5.41) is 0. The molecule has 3 aromatic carbocycles. The number of carbonyl (C=O) groups excluding carboxylic acids is 1. The molecule has 2 aliphatic rings. The van der Waals surface area contributed by atoms with E-state index in [-0.39, 0.29) is 4.90 Å². The Balaban J connectivity index is 1.32. The van der Waals surface area contributed by atoms with Crippen LogP contribution in [0.25, 0.3) is 10.2 Å². The molecule has 0 spiro atoms. The topological polar surface area (TPSA) is 90.2 Å². The van der Waals surface area contributed by atoms with Gasteiger partial charge in [-0.05, 0) is 55.2 Å². The van der Waals surface area contributed by atoms with Gasteiger partial charge in [0.25, 0.3) is 15.9 Å². The number of hydrogen-bond acceptors (Lipinski definition) is 6. The fraction of sp³-hybridized carbons (Fsp3) is 0.286. The first-order valence-corrected chi connectivity index (χ1v) is 14.9. The van der Waals surface area contributed by atoms with Crippen molar-refractivity contribution >= 4 is 43.2 Å². The molecule has 0 aliphatic carbocycles. The Hall–Kier alpha value is -3.63. The highest BCUT2D eigenvalue weighted by molar-refractivity contribution is 7.92. The van der Waals surface area contributed by atoms with Gasteiger partial charge in [0.2, 0.25) is 0 Å². The van der Waals surface area contributed by atoms with Crippen molar-refractivity contribution in [2.75, 3.05) is 24.1 Å². The van der Waals surface area contributed by atoms with E-state index in [0.717, 1.165) is 40.7 Å². The highest BCUT2D eigenvalue weighted by Crippen LogP contribution is 2.36. The third-order valence-corrected chi connectivity index (χ3v) is 9.62. The fourth-order valence-corrected chi connectivity index (χ4v) is 7.53. The van der Waals surface area contributed by atoms with E-state index in [2.05, 4.69) is 11.9 Å². The summed E-state index contributed by atoms with van der Waals surface area (Å²) in [6.07, 6.45) is 2.49. The predicted octanol–water partition coefficient (Wildman–Crippen LogP) is 4.77. The van der Waals surface area contributed by atoms with E-state index < -0.39 is 15.9 Å². The summed E-state index contributed by atoms with van der Waals surface area (Å²) in [5.41, 5.74) is 3.01. The molecule has 8 nitrogen and oxygen atoms in total. The number of aromatic nitrogens is 1. The van der Waals surface area contributed by atoms with E-state index in [1.165, 1.54) is 39.9 Å². The molecule has 2 aliphatic heterocycles. The molecular formula is C28H27N3O5S2. The number of fused-ring (bicyclic) bond motifs is 3. The Labute approximate surface area is 224 Å². The quantitative estimate of drug-likeness (QED) is 0.358. The molecule has 38 heavy (non-hydrogen) atoms. The van der Waals surface area contributed by atoms with Crippen molar-refractivity contribution in [1.82, 2.24) is 4.57 Å². The Morgan fingerprint density at radius 3 is 2.53 bits per heavy atom. The highest BCUT2D eigenvalue weighted by atomic mass is 32.2. The number of amides is 1. The number of carbonyl (C=O) groups is 1. The maximum Gasteiger partial charge on any atom is 0.279 e. The van der Waals surface area contributed by atoms with E-state index in [9.17, 15) is 13.2 Å². The lowest BCUT2D eigenvalue weighted by molar-refractivity contribution is 0.0997. The molecule has 4 aromatic rings. The molecule has 0 saturated carbocycles. The van der Waals surface area contributed by atoms with Crippen LogP contribution in [0.1, 0.15) is 35.7 Å². The summed E-state index contributed by atoms with van der Waals surface area (Å²) in [6.45, 7) is 4.20. The van der Waals surface area contributed by atoms with Gasteiger partial charge < -0.3 is 14.0 Å². The molecular weight excluding hydrogens is 522 g/mol. The summed E-state index contributed by atoms with van der Waals surface area (Å²) in [6, 6.07) is 17.5. The second-order valence-corrected chi connectivity index (χ2v) is 12.1. The van der Waals surface area contributed by atoms with Gasteiger partial charge in [-0.1, -0.05) is 36.5 Å². The number of sulfonamides is 1. The molecule has 0 atom stereocenters. The number of benzene rings is 3. The summed E-state index contributed by atoms with van der Waals surface area (Å²) in [5.74, 6) is 0.961. The Kier molecular flexibility index (Phi) is 6.45. The van der Waals surface area contributed by atoms with E-state index in [1.54, 1.807) is 0 Å². The summed E-state index contributed by atoms with van der Waals surface area (Å²) < 4.78 is 42.8. The molecule has 0 radical (unpaired) electrons. The van der Waals surface area contributed by atoms with Crippen LogP contribution in [0.3, 0.4) is 0 Å². The SMILES string of the molecule is CCCn1c(=NC(=O)c2ccc(S(=O)(=O)N3CCCc4ccccc43)cc2)sc2cc3c(cc21)OCCO3. The van der Waals surface area contributed by atoms with Crippen LogP contribution < -0.4 is 18.6 Å². The minimum Gasteiger partial charge on any atom is -0.486 e. The van der Waals surface area contributed by atoms with Crippen LogP contribution in [0, 0.1) is 0 Å². The van der Waals surface area contributed by atoms with E-state index in [4.69, 9.17) is 9.47 Å². The molecule has 196 valence electrons. The number of rotatable bonds is 5. The first-order chi connectivity index (χ1) is 18.5. The van der Waals surface area contributed by atoms with Crippen molar-refractivity contribution in [3.05, 3.63) is 76.6 Å². The second-order valence-electron chi connectivity index (χ2n) is 9.25. The van der Waals surface area contributed by atoms with Crippen LogP contribution >= 0.6 is 11.3 Å². The first-order valence-electron chi connectivity index (χ1n) is 12.7. The minimum atomic E-state index is -3.75. The van der Waals surface area contributed by atoms with Crippen molar-refractivity contribution in [2.45, 2.75) is 37.6 Å². The van der Waals surface area contributed by atoms with Gasteiger partial charge in [0.05, 0.1) is 20.8 Å². The molecule has 0 saturated heterocycles. The second kappa shape index (κ2) is 9.92. The first kappa shape index (κ1) is 24.7. The monoisotopic (exact) mass is 549 g/mol. The van der Waals surface area contributed by atoms with Crippen molar-refractivity contribution in [2.24, 2.45) is 4.99 Å².